The van der Waals surface area contributed by atoms with Crippen molar-refractivity contribution in [1.29, 1.82) is 5.26 Å². The lowest BCUT2D eigenvalue weighted by atomic mass is 10.1. The van der Waals surface area contributed by atoms with Gasteiger partial charge in [0, 0.05) is 25.7 Å². The highest BCUT2D eigenvalue weighted by Crippen LogP contribution is 2.30. The van der Waals surface area contributed by atoms with Crippen molar-refractivity contribution < 1.29 is 4.74 Å². The zero-order valence-electron chi connectivity index (χ0n) is 16.4. The third-order valence-electron chi connectivity index (χ3n) is 4.61. The second kappa shape index (κ2) is 10.9. The van der Waals surface area contributed by atoms with Crippen LogP contribution in [0.1, 0.15) is 35.1 Å². The summed E-state index contributed by atoms with van der Waals surface area (Å²) in [4.78, 5) is 4.28. The zero-order valence-corrected chi connectivity index (χ0v) is 18.7. The van der Waals surface area contributed by atoms with Crippen LogP contribution >= 0.6 is 24.0 Å². The highest BCUT2D eigenvalue weighted by atomic mass is 127. The summed E-state index contributed by atoms with van der Waals surface area (Å²) in [7, 11) is 1.76. The van der Waals surface area contributed by atoms with Gasteiger partial charge in [-0.2, -0.15) is 5.26 Å². The average molecular weight is 490 g/mol. The van der Waals surface area contributed by atoms with E-state index in [1.807, 2.05) is 24.3 Å². The van der Waals surface area contributed by atoms with E-state index in [9.17, 15) is 0 Å². The maximum Gasteiger partial charge on any atom is 0.191 e. The minimum absolute atomic E-state index is 0. The lowest BCUT2D eigenvalue weighted by Crippen LogP contribution is -2.36. The fourth-order valence-corrected chi connectivity index (χ4v) is 2.72. The molecule has 0 aromatic heterocycles. The summed E-state index contributed by atoms with van der Waals surface area (Å²) in [5.74, 6) is 2.41. The normalized spacial score (nSPS) is 13.2. The number of hydrogen-bond acceptors (Lipinski definition) is 3. The van der Waals surface area contributed by atoms with Crippen molar-refractivity contribution in [3.05, 3.63) is 64.7 Å². The van der Waals surface area contributed by atoms with Crippen molar-refractivity contribution in [3.63, 3.8) is 0 Å². The van der Waals surface area contributed by atoms with Crippen molar-refractivity contribution >= 4 is 29.9 Å². The molecule has 0 amide bonds. The number of nitriles is 1. The molecule has 0 unspecified atom stereocenters. The first-order valence-corrected chi connectivity index (χ1v) is 9.34. The van der Waals surface area contributed by atoms with Gasteiger partial charge in [-0.25, -0.2) is 0 Å². The molecular weight excluding hydrogens is 463 g/mol. The van der Waals surface area contributed by atoms with Crippen LogP contribution in [0.4, 0.5) is 0 Å². The SMILES string of the molecule is CN=C(NCc1ccc(C#N)cc1)NCc1ccc(C)cc1OCC1CC1.I. The topological polar surface area (TPSA) is 69.4 Å². The van der Waals surface area contributed by atoms with Gasteiger partial charge in [0.25, 0.3) is 0 Å². The summed E-state index contributed by atoms with van der Waals surface area (Å²) in [6, 6.07) is 16.0. The standard InChI is InChI=1S/C22H26N4O.HI/c1-16-3-10-20(21(11-16)27-15-19-8-9-19)14-26-22(24-2)25-13-18-6-4-17(12-23)5-7-18;/h3-7,10-11,19H,8-9,13-15H2,1-2H3,(H2,24,25,26);1H. The van der Waals surface area contributed by atoms with Crippen molar-refractivity contribution in [2.75, 3.05) is 13.7 Å². The van der Waals surface area contributed by atoms with Crippen molar-refractivity contribution in [2.24, 2.45) is 10.9 Å². The molecule has 2 aromatic carbocycles. The molecule has 0 atom stereocenters. The first kappa shape index (κ1) is 22.0. The molecular formula is C22H27IN4O. The average Bonchev–Trinajstić information content (AvgIpc) is 3.52. The van der Waals surface area contributed by atoms with Crippen LogP contribution in [0, 0.1) is 24.2 Å². The predicted octanol–water partition coefficient (Wildman–Crippen LogP) is 4.14. The maximum absolute atomic E-state index is 8.87. The van der Waals surface area contributed by atoms with Crippen LogP contribution in [0.3, 0.4) is 0 Å². The molecule has 0 heterocycles. The minimum Gasteiger partial charge on any atom is -0.493 e. The van der Waals surface area contributed by atoms with Crippen LogP contribution in [0.15, 0.2) is 47.5 Å². The van der Waals surface area contributed by atoms with E-state index in [4.69, 9.17) is 10.00 Å². The van der Waals surface area contributed by atoms with E-state index >= 15 is 0 Å². The molecule has 1 saturated carbocycles. The Morgan fingerprint density at radius 1 is 1.14 bits per heavy atom. The van der Waals surface area contributed by atoms with E-state index in [1.165, 1.54) is 18.4 Å². The van der Waals surface area contributed by atoms with Gasteiger partial charge < -0.3 is 15.4 Å². The molecule has 2 N–H and O–H groups in total. The number of ether oxygens (including phenoxy) is 1. The number of benzene rings is 2. The van der Waals surface area contributed by atoms with Gasteiger partial charge in [0.05, 0.1) is 18.2 Å². The molecule has 6 heteroatoms. The van der Waals surface area contributed by atoms with Crippen LogP contribution in [-0.2, 0) is 13.1 Å². The number of rotatable bonds is 7. The van der Waals surface area contributed by atoms with Crippen LogP contribution in [0.25, 0.3) is 0 Å². The predicted molar refractivity (Wildman–Crippen MR) is 123 cm³/mol. The highest BCUT2D eigenvalue weighted by molar-refractivity contribution is 14.0. The van der Waals surface area contributed by atoms with E-state index in [1.54, 1.807) is 7.05 Å². The van der Waals surface area contributed by atoms with Crippen molar-refractivity contribution in [1.82, 2.24) is 10.6 Å². The van der Waals surface area contributed by atoms with Gasteiger partial charge in [-0.05, 0) is 55.0 Å². The summed E-state index contributed by atoms with van der Waals surface area (Å²) in [6.07, 6.45) is 2.57. The summed E-state index contributed by atoms with van der Waals surface area (Å²) in [6.45, 7) is 4.18. The summed E-state index contributed by atoms with van der Waals surface area (Å²) < 4.78 is 6.03. The Labute approximate surface area is 184 Å². The monoisotopic (exact) mass is 490 g/mol. The van der Waals surface area contributed by atoms with Gasteiger partial charge in [-0.1, -0.05) is 24.3 Å². The Balaban J connectivity index is 0.00000280. The molecule has 5 nitrogen and oxygen atoms in total. The first-order chi connectivity index (χ1) is 13.2. The Kier molecular flexibility index (Phi) is 8.58. The molecule has 0 saturated heterocycles. The lowest BCUT2D eigenvalue weighted by Gasteiger charge is -2.15. The van der Waals surface area contributed by atoms with E-state index in [2.05, 4.69) is 46.8 Å². The molecule has 0 radical (unpaired) electrons. The third kappa shape index (κ3) is 6.71. The molecule has 28 heavy (non-hydrogen) atoms. The Morgan fingerprint density at radius 3 is 2.50 bits per heavy atom. The fourth-order valence-electron chi connectivity index (χ4n) is 2.72. The fraction of sp³-hybridized carbons (Fsp3) is 0.364. The smallest absolute Gasteiger partial charge is 0.191 e. The van der Waals surface area contributed by atoms with Crippen molar-refractivity contribution in [3.8, 4) is 11.8 Å². The van der Waals surface area contributed by atoms with Crippen LogP contribution in [0.5, 0.6) is 5.75 Å². The van der Waals surface area contributed by atoms with Gasteiger partial charge in [0.2, 0.25) is 0 Å². The molecule has 1 aliphatic rings. The molecule has 0 bridgehead atoms. The number of aryl methyl sites for hydroxylation is 1. The number of nitrogens with one attached hydrogen (secondary N) is 2. The quantitative estimate of drug-likeness (QED) is 0.348. The van der Waals surface area contributed by atoms with Crippen LogP contribution < -0.4 is 15.4 Å². The molecule has 3 rings (SSSR count). The summed E-state index contributed by atoms with van der Waals surface area (Å²) >= 11 is 0. The number of nitrogens with zero attached hydrogens (tertiary/aromatic N) is 2. The number of hydrogen-bond donors (Lipinski definition) is 2. The van der Waals surface area contributed by atoms with Gasteiger partial charge in [-0.15, -0.1) is 24.0 Å². The number of guanidine groups is 1. The highest BCUT2D eigenvalue weighted by Gasteiger charge is 2.22. The van der Waals surface area contributed by atoms with Gasteiger partial charge in [0.1, 0.15) is 5.75 Å². The number of aliphatic imine (C=N–C) groups is 1. The molecule has 2 aromatic rings. The zero-order chi connectivity index (χ0) is 19.1. The van der Waals surface area contributed by atoms with Crippen LogP contribution in [-0.4, -0.2) is 19.6 Å². The Morgan fingerprint density at radius 2 is 1.86 bits per heavy atom. The minimum atomic E-state index is 0. The molecule has 0 spiro atoms. The first-order valence-electron chi connectivity index (χ1n) is 9.34. The lowest BCUT2D eigenvalue weighted by molar-refractivity contribution is 0.296. The summed E-state index contributed by atoms with van der Waals surface area (Å²) in [5, 5.41) is 15.5. The van der Waals surface area contributed by atoms with Gasteiger partial charge in [-0.3, -0.25) is 4.99 Å². The van der Waals surface area contributed by atoms with E-state index in [0.29, 0.717) is 18.7 Å². The van der Waals surface area contributed by atoms with Gasteiger partial charge in [0.15, 0.2) is 5.96 Å². The molecule has 1 fully saturated rings. The second-order valence-electron chi connectivity index (χ2n) is 6.95. The Hall–Kier alpha value is -2.27. The maximum atomic E-state index is 8.87. The molecule has 148 valence electrons. The molecule has 1 aliphatic carbocycles. The second-order valence-corrected chi connectivity index (χ2v) is 6.95. The molecule has 0 aliphatic heterocycles. The van der Waals surface area contributed by atoms with E-state index < -0.39 is 0 Å². The van der Waals surface area contributed by atoms with E-state index in [0.717, 1.165) is 35.4 Å². The van der Waals surface area contributed by atoms with Crippen LogP contribution in [0.2, 0.25) is 0 Å². The Bertz CT molecular complexity index is 839. The largest absolute Gasteiger partial charge is 0.493 e. The summed E-state index contributed by atoms with van der Waals surface area (Å²) in [5.41, 5.74) is 4.09. The number of halogens is 1. The third-order valence-corrected chi connectivity index (χ3v) is 4.61. The van der Waals surface area contributed by atoms with Gasteiger partial charge >= 0.3 is 0 Å². The van der Waals surface area contributed by atoms with E-state index in [-0.39, 0.29) is 24.0 Å². The van der Waals surface area contributed by atoms with Crippen molar-refractivity contribution in [2.45, 2.75) is 32.9 Å².